The lowest BCUT2D eigenvalue weighted by molar-refractivity contribution is 0.0351. The Balaban J connectivity index is 2.03. The van der Waals surface area contributed by atoms with Gasteiger partial charge in [-0.15, -0.1) is 0 Å². The Bertz CT molecular complexity index is 749. The highest BCUT2D eigenvalue weighted by atomic mass is 16.5. The molecule has 0 radical (unpaired) electrons. The van der Waals surface area contributed by atoms with Crippen molar-refractivity contribution in [3.05, 3.63) is 16.7 Å². The second-order valence-electron chi connectivity index (χ2n) is 8.84. The molecule has 1 aromatic rings. The van der Waals surface area contributed by atoms with Crippen molar-refractivity contribution in [3.63, 3.8) is 0 Å². The molecular weight excluding hydrogens is 304 g/mol. The fourth-order valence-electron chi connectivity index (χ4n) is 5.65. The molecule has 4 heteroatoms. The highest BCUT2D eigenvalue weighted by Gasteiger charge is 2.55. The molecule has 4 nitrogen and oxygen atoms in total. The molecule has 4 rings (SSSR count). The van der Waals surface area contributed by atoms with Crippen LogP contribution >= 0.6 is 0 Å². The second-order valence-corrected chi connectivity index (χ2v) is 8.84. The summed E-state index contributed by atoms with van der Waals surface area (Å²) in [5.74, 6) is 0.614. The number of benzene rings is 1. The van der Waals surface area contributed by atoms with Gasteiger partial charge >= 0.3 is 0 Å². The van der Waals surface area contributed by atoms with Gasteiger partial charge in [0.05, 0.1) is 12.2 Å². The first-order valence-corrected chi connectivity index (χ1v) is 8.96. The van der Waals surface area contributed by atoms with Crippen LogP contribution in [0.1, 0.15) is 80.8 Å². The van der Waals surface area contributed by atoms with Gasteiger partial charge in [0.1, 0.15) is 5.75 Å². The van der Waals surface area contributed by atoms with E-state index in [1.54, 1.807) is 0 Å². The highest BCUT2D eigenvalue weighted by molar-refractivity contribution is 6.04. The number of phenolic OH excluding ortho intramolecular Hbond substituents is 2. The molecule has 1 heterocycles. The van der Waals surface area contributed by atoms with Gasteiger partial charge in [-0.05, 0) is 24.2 Å². The third-order valence-corrected chi connectivity index (χ3v) is 6.88. The molecule has 2 N–H and O–H groups in total. The van der Waals surface area contributed by atoms with E-state index < -0.39 is 0 Å². The van der Waals surface area contributed by atoms with E-state index in [2.05, 4.69) is 20.8 Å². The smallest absolute Gasteiger partial charge is 0.168 e. The monoisotopic (exact) mass is 330 g/mol. The third-order valence-electron chi connectivity index (χ3n) is 6.88. The van der Waals surface area contributed by atoms with E-state index in [1.165, 1.54) is 0 Å². The van der Waals surface area contributed by atoms with Crippen molar-refractivity contribution in [1.29, 1.82) is 0 Å². The third kappa shape index (κ3) is 1.77. The molecule has 2 aliphatic carbocycles. The molecule has 0 aromatic heterocycles. The van der Waals surface area contributed by atoms with Crippen molar-refractivity contribution in [2.24, 2.45) is 11.3 Å². The largest absolute Gasteiger partial charge is 0.507 e. The van der Waals surface area contributed by atoms with Crippen LogP contribution in [-0.4, -0.2) is 22.6 Å². The number of carbonyl (C=O) groups is 1. The molecule has 0 spiro atoms. The number of hydrogen-bond acceptors (Lipinski definition) is 4. The first-order chi connectivity index (χ1) is 11.2. The van der Waals surface area contributed by atoms with Crippen LogP contribution in [0.2, 0.25) is 0 Å². The number of phenols is 2. The molecule has 3 atom stereocenters. The lowest BCUT2D eigenvalue weighted by Gasteiger charge is -2.53. The van der Waals surface area contributed by atoms with Gasteiger partial charge in [-0.3, -0.25) is 4.79 Å². The Morgan fingerprint density at radius 1 is 1.12 bits per heavy atom. The van der Waals surface area contributed by atoms with Crippen molar-refractivity contribution >= 4 is 5.78 Å². The van der Waals surface area contributed by atoms with Crippen molar-refractivity contribution in [2.45, 2.75) is 64.7 Å². The molecule has 1 saturated carbocycles. The first-order valence-electron chi connectivity index (χ1n) is 8.96. The fourth-order valence-corrected chi connectivity index (χ4v) is 5.65. The second kappa shape index (κ2) is 4.68. The van der Waals surface area contributed by atoms with Crippen LogP contribution in [0.3, 0.4) is 0 Å². The summed E-state index contributed by atoms with van der Waals surface area (Å²) < 4.78 is 5.68. The molecule has 0 unspecified atom stereocenters. The number of hydrogen-bond donors (Lipinski definition) is 2. The average Bonchev–Trinajstić information content (AvgIpc) is 2.88. The van der Waals surface area contributed by atoms with Crippen LogP contribution in [0, 0.1) is 11.3 Å². The fraction of sp³-hybridized carbons (Fsp3) is 0.650. The van der Waals surface area contributed by atoms with E-state index in [0.717, 1.165) is 19.3 Å². The molecule has 0 bridgehead atoms. The van der Waals surface area contributed by atoms with E-state index in [9.17, 15) is 15.0 Å². The van der Waals surface area contributed by atoms with Gasteiger partial charge in [0, 0.05) is 28.9 Å². The van der Waals surface area contributed by atoms with Crippen LogP contribution in [-0.2, 0) is 5.41 Å². The number of fused-ring (bicyclic) bond motifs is 4. The Labute approximate surface area is 142 Å². The van der Waals surface area contributed by atoms with Crippen molar-refractivity contribution < 1.29 is 19.7 Å². The van der Waals surface area contributed by atoms with Crippen molar-refractivity contribution in [1.82, 2.24) is 0 Å². The minimum Gasteiger partial charge on any atom is -0.507 e. The van der Waals surface area contributed by atoms with Crippen LogP contribution in [0.15, 0.2) is 0 Å². The van der Waals surface area contributed by atoms with E-state index in [1.807, 2.05) is 6.92 Å². The highest BCUT2D eigenvalue weighted by Crippen LogP contribution is 2.63. The number of ketones is 1. The molecule has 1 fully saturated rings. The standard InChI is InChI=1S/C20H26O4/c1-10-9-24-18-13(10)16(22)14-11(21)8-12-19(2,3)6-5-7-20(12,4)15(14)17(18)23/h10,12,22-23H,5-9H2,1-4H3/t10-,12-,20-/m0/s1. The lowest BCUT2D eigenvalue weighted by atomic mass is 9.50. The zero-order valence-corrected chi connectivity index (χ0v) is 14.9. The molecule has 130 valence electrons. The predicted molar refractivity (Wildman–Crippen MR) is 91.1 cm³/mol. The van der Waals surface area contributed by atoms with E-state index in [0.29, 0.717) is 35.5 Å². The van der Waals surface area contributed by atoms with Gasteiger partial charge in [0.25, 0.3) is 0 Å². The summed E-state index contributed by atoms with van der Waals surface area (Å²) in [6, 6.07) is 0. The summed E-state index contributed by atoms with van der Waals surface area (Å²) in [7, 11) is 0. The van der Waals surface area contributed by atoms with Crippen LogP contribution in [0.25, 0.3) is 0 Å². The van der Waals surface area contributed by atoms with Gasteiger partial charge in [-0.2, -0.15) is 0 Å². The Kier molecular flexibility index (Phi) is 3.08. The SMILES string of the molecule is C[C@H]1COc2c(O)c3c(c(O)c21)C(=O)C[C@H]1C(C)(C)CCC[C@]31C. The van der Waals surface area contributed by atoms with Gasteiger partial charge < -0.3 is 14.9 Å². The Morgan fingerprint density at radius 3 is 2.54 bits per heavy atom. The summed E-state index contributed by atoms with van der Waals surface area (Å²) in [6.45, 7) is 8.96. The number of aromatic hydroxyl groups is 2. The molecular formula is C20H26O4. The van der Waals surface area contributed by atoms with Crippen LogP contribution < -0.4 is 4.74 Å². The number of ether oxygens (including phenoxy) is 1. The molecule has 1 aromatic carbocycles. The van der Waals surface area contributed by atoms with Crippen LogP contribution in [0.4, 0.5) is 0 Å². The van der Waals surface area contributed by atoms with E-state index in [-0.39, 0.29) is 39.9 Å². The van der Waals surface area contributed by atoms with Gasteiger partial charge in [0.15, 0.2) is 17.3 Å². The maximum Gasteiger partial charge on any atom is 0.168 e. The molecule has 3 aliphatic rings. The maximum absolute atomic E-state index is 12.9. The van der Waals surface area contributed by atoms with Gasteiger partial charge in [-0.25, -0.2) is 0 Å². The van der Waals surface area contributed by atoms with Gasteiger partial charge in [0.2, 0.25) is 0 Å². The van der Waals surface area contributed by atoms with Crippen LogP contribution in [0.5, 0.6) is 17.2 Å². The minimum atomic E-state index is -0.309. The maximum atomic E-state index is 12.9. The number of Topliss-reactive ketones (excluding diaryl/α,β-unsaturated/α-hetero) is 1. The van der Waals surface area contributed by atoms with E-state index in [4.69, 9.17) is 4.74 Å². The van der Waals surface area contributed by atoms with E-state index >= 15 is 0 Å². The van der Waals surface area contributed by atoms with Crippen molar-refractivity contribution in [3.8, 4) is 17.2 Å². The number of carbonyl (C=O) groups excluding carboxylic acids is 1. The normalized spacial score (nSPS) is 33.4. The predicted octanol–water partition coefficient (Wildman–Crippen LogP) is 4.26. The lowest BCUT2D eigenvalue weighted by Crippen LogP contribution is -2.49. The Hall–Kier alpha value is -1.71. The topological polar surface area (TPSA) is 66.8 Å². The molecule has 1 aliphatic heterocycles. The number of rotatable bonds is 0. The summed E-state index contributed by atoms with van der Waals surface area (Å²) in [6.07, 6.45) is 3.50. The van der Waals surface area contributed by atoms with Gasteiger partial charge in [-0.1, -0.05) is 34.1 Å². The zero-order valence-electron chi connectivity index (χ0n) is 14.9. The molecule has 0 saturated heterocycles. The zero-order chi connectivity index (χ0) is 17.4. The summed E-state index contributed by atoms with van der Waals surface area (Å²) in [5, 5.41) is 21.8. The Morgan fingerprint density at radius 2 is 1.83 bits per heavy atom. The van der Waals surface area contributed by atoms with Crippen molar-refractivity contribution in [2.75, 3.05) is 6.61 Å². The summed E-state index contributed by atoms with van der Waals surface area (Å²) in [5.41, 5.74) is 1.30. The average molecular weight is 330 g/mol. The molecule has 0 amide bonds. The minimum absolute atomic E-state index is 0.0164. The molecule has 24 heavy (non-hydrogen) atoms. The summed E-state index contributed by atoms with van der Waals surface area (Å²) in [4.78, 5) is 12.9. The first kappa shape index (κ1) is 15.8. The quantitative estimate of drug-likeness (QED) is 0.697. The summed E-state index contributed by atoms with van der Waals surface area (Å²) >= 11 is 0.